The second kappa shape index (κ2) is 7.62. The largest absolute Gasteiger partial charge is 0.329 e. The van der Waals surface area contributed by atoms with E-state index in [9.17, 15) is 0 Å². The number of likely N-dealkylation sites (N-methyl/N-ethyl adjacent to an activating group) is 1. The van der Waals surface area contributed by atoms with Crippen molar-refractivity contribution in [3.05, 3.63) is 0 Å². The second-order valence-corrected chi connectivity index (χ2v) is 6.12. The van der Waals surface area contributed by atoms with Crippen LogP contribution in [-0.2, 0) is 0 Å². The zero-order chi connectivity index (χ0) is 12.7. The Labute approximate surface area is 111 Å². The van der Waals surface area contributed by atoms with Crippen LogP contribution in [0.25, 0.3) is 0 Å². The van der Waals surface area contributed by atoms with Gasteiger partial charge >= 0.3 is 0 Å². The quantitative estimate of drug-likeness (QED) is 0.783. The molecule has 0 amide bonds. The van der Waals surface area contributed by atoms with Crippen molar-refractivity contribution in [2.24, 2.45) is 5.73 Å². The molecule has 1 fully saturated rings. The predicted molar refractivity (Wildman–Crippen MR) is 78.8 cm³/mol. The van der Waals surface area contributed by atoms with Crippen molar-refractivity contribution in [3.63, 3.8) is 0 Å². The average molecular weight is 259 g/mol. The fourth-order valence-corrected chi connectivity index (χ4v) is 3.21. The van der Waals surface area contributed by atoms with Gasteiger partial charge in [-0.25, -0.2) is 0 Å². The van der Waals surface area contributed by atoms with Crippen molar-refractivity contribution in [1.29, 1.82) is 0 Å². The molecular weight excluding hydrogens is 230 g/mol. The van der Waals surface area contributed by atoms with Crippen molar-refractivity contribution >= 4 is 11.8 Å². The molecule has 2 N–H and O–H groups in total. The molecule has 1 atom stereocenters. The van der Waals surface area contributed by atoms with Crippen molar-refractivity contribution in [2.45, 2.75) is 31.7 Å². The first-order chi connectivity index (χ1) is 8.18. The van der Waals surface area contributed by atoms with Crippen molar-refractivity contribution in [2.75, 3.05) is 51.8 Å². The van der Waals surface area contributed by atoms with Gasteiger partial charge in [0.05, 0.1) is 0 Å². The van der Waals surface area contributed by atoms with Crippen LogP contribution in [0, 0.1) is 0 Å². The standard InChI is InChI=1S/C13H29N3S/c1-4-16-8-5-6-13(12-14,7-9-16)15(2)10-11-17-3/h4-12,14H2,1-3H3. The summed E-state index contributed by atoms with van der Waals surface area (Å²) in [7, 11) is 2.25. The van der Waals surface area contributed by atoms with Crippen LogP contribution in [0.4, 0.5) is 0 Å². The molecule has 102 valence electrons. The number of hydrogen-bond donors (Lipinski definition) is 1. The smallest absolute Gasteiger partial charge is 0.0341 e. The van der Waals surface area contributed by atoms with Gasteiger partial charge in [0.2, 0.25) is 0 Å². The van der Waals surface area contributed by atoms with Crippen LogP contribution in [-0.4, -0.2) is 67.1 Å². The molecule has 1 heterocycles. The Bertz CT molecular complexity index is 213. The maximum absolute atomic E-state index is 6.10. The Morgan fingerprint density at radius 2 is 2.12 bits per heavy atom. The summed E-state index contributed by atoms with van der Waals surface area (Å²) in [6.45, 7) is 7.84. The molecule has 0 spiro atoms. The summed E-state index contributed by atoms with van der Waals surface area (Å²) in [5.41, 5.74) is 6.35. The first-order valence-electron chi connectivity index (χ1n) is 6.81. The molecule has 17 heavy (non-hydrogen) atoms. The molecule has 0 aromatic carbocycles. The maximum Gasteiger partial charge on any atom is 0.0341 e. The number of nitrogens with two attached hydrogens (primary N) is 1. The molecule has 0 bridgehead atoms. The summed E-state index contributed by atoms with van der Waals surface area (Å²) in [5.74, 6) is 1.20. The molecule has 0 radical (unpaired) electrons. The van der Waals surface area contributed by atoms with Gasteiger partial charge in [-0.1, -0.05) is 6.92 Å². The van der Waals surface area contributed by atoms with Crippen LogP contribution in [0.15, 0.2) is 0 Å². The van der Waals surface area contributed by atoms with E-state index in [1.165, 1.54) is 44.6 Å². The zero-order valence-electron chi connectivity index (χ0n) is 11.7. The third-order valence-corrected chi connectivity index (χ3v) is 4.87. The van der Waals surface area contributed by atoms with E-state index in [1.54, 1.807) is 0 Å². The van der Waals surface area contributed by atoms with E-state index < -0.39 is 0 Å². The molecule has 1 aliphatic heterocycles. The van der Waals surface area contributed by atoms with Gasteiger partial charge < -0.3 is 10.6 Å². The minimum absolute atomic E-state index is 0.250. The lowest BCUT2D eigenvalue weighted by Crippen LogP contribution is -2.53. The maximum atomic E-state index is 6.10. The minimum Gasteiger partial charge on any atom is -0.329 e. The van der Waals surface area contributed by atoms with E-state index in [4.69, 9.17) is 5.73 Å². The first kappa shape index (κ1) is 15.3. The number of thioether (sulfide) groups is 1. The summed E-state index contributed by atoms with van der Waals surface area (Å²) < 4.78 is 0. The first-order valence-corrected chi connectivity index (χ1v) is 8.20. The van der Waals surface area contributed by atoms with E-state index in [0.717, 1.165) is 13.1 Å². The van der Waals surface area contributed by atoms with Gasteiger partial charge in [-0.15, -0.1) is 0 Å². The third-order valence-electron chi connectivity index (χ3n) is 4.28. The number of rotatable bonds is 6. The Morgan fingerprint density at radius 1 is 1.35 bits per heavy atom. The number of nitrogens with zero attached hydrogens (tertiary/aromatic N) is 2. The highest BCUT2D eigenvalue weighted by molar-refractivity contribution is 7.98. The highest BCUT2D eigenvalue weighted by atomic mass is 32.2. The van der Waals surface area contributed by atoms with Crippen LogP contribution in [0.1, 0.15) is 26.2 Å². The minimum atomic E-state index is 0.250. The van der Waals surface area contributed by atoms with Gasteiger partial charge in [-0.3, -0.25) is 4.90 Å². The van der Waals surface area contributed by atoms with Gasteiger partial charge in [0.25, 0.3) is 0 Å². The Kier molecular flexibility index (Phi) is 6.85. The van der Waals surface area contributed by atoms with E-state index >= 15 is 0 Å². The molecule has 0 aliphatic carbocycles. The zero-order valence-corrected chi connectivity index (χ0v) is 12.6. The highest BCUT2D eigenvalue weighted by Gasteiger charge is 2.34. The molecule has 0 aromatic heterocycles. The molecule has 1 aliphatic rings. The summed E-state index contributed by atoms with van der Waals surface area (Å²) in [5, 5.41) is 0. The van der Waals surface area contributed by atoms with Gasteiger partial charge in [0, 0.05) is 24.4 Å². The van der Waals surface area contributed by atoms with Crippen LogP contribution in [0.5, 0.6) is 0 Å². The van der Waals surface area contributed by atoms with Crippen molar-refractivity contribution < 1.29 is 0 Å². The fraction of sp³-hybridized carbons (Fsp3) is 1.00. The Balaban J connectivity index is 2.60. The van der Waals surface area contributed by atoms with E-state index in [2.05, 4.69) is 30.0 Å². The molecule has 4 heteroatoms. The second-order valence-electron chi connectivity index (χ2n) is 5.13. The Hall–Kier alpha value is 0.230. The molecule has 1 saturated heterocycles. The molecule has 1 unspecified atom stereocenters. The van der Waals surface area contributed by atoms with Gasteiger partial charge in [0.1, 0.15) is 0 Å². The predicted octanol–water partition coefficient (Wildman–Crippen LogP) is 1.48. The average Bonchev–Trinajstić information content (AvgIpc) is 2.58. The molecule has 0 saturated carbocycles. The summed E-state index contributed by atoms with van der Waals surface area (Å²) in [6.07, 6.45) is 5.94. The topological polar surface area (TPSA) is 32.5 Å². The lowest BCUT2D eigenvalue weighted by molar-refractivity contribution is 0.114. The third kappa shape index (κ3) is 4.12. The summed E-state index contributed by atoms with van der Waals surface area (Å²) in [6, 6.07) is 0. The SMILES string of the molecule is CCN1CCCC(CN)(N(C)CCSC)CC1. The lowest BCUT2D eigenvalue weighted by atomic mass is 9.89. The van der Waals surface area contributed by atoms with Crippen LogP contribution >= 0.6 is 11.8 Å². The van der Waals surface area contributed by atoms with Gasteiger partial charge in [-0.05, 0) is 52.2 Å². The number of hydrogen-bond acceptors (Lipinski definition) is 4. The number of likely N-dealkylation sites (tertiary alicyclic amines) is 1. The summed E-state index contributed by atoms with van der Waals surface area (Å²) >= 11 is 1.92. The van der Waals surface area contributed by atoms with Crippen molar-refractivity contribution in [3.8, 4) is 0 Å². The van der Waals surface area contributed by atoms with Gasteiger partial charge in [-0.2, -0.15) is 11.8 Å². The fourth-order valence-electron chi connectivity index (χ4n) is 2.76. The summed E-state index contributed by atoms with van der Waals surface area (Å²) in [4.78, 5) is 5.07. The van der Waals surface area contributed by atoms with E-state index in [1.807, 2.05) is 11.8 Å². The molecule has 1 rings (SSSR count). The monoisotopic (exact) mass is 259 g/mol. The van der Waals surface area contributed by atoms with E-state index in [0.29, 0.717) is 0 Å². The molecule has 3 nitrogen and oxygen atoms in total. The highest BCUT2D eigenvalue weighted by Crippen LogP contribution is 2.27. The molecule has 0 aromatic rings. The van der Waals surface area contributed by atoms with Crippen molar-refractivity contribution in [1.82, 2.24) is 9.80 Å². The van der Waals surface area contributed by atoms with Gasteiger partial charge in [0.15, 0.2) is 0 Å². The normalized spacial score (nSPS) is 27.4. The van der Waals surface area contributed by atoms with Crippen LogP contribution in [0.2, 0.25) is 0 Å². The van der Waals surface area contributed by atoms with E-state index in [-0.39, 0.29) is 5.54 Å². The van der Waals surface area contributed by atoms with Crippen LogP contribution < -0.4 is 5.73 Å². The molecular formula is C13H29N3S. The van der Waals surface area contributed by atoms with Crippen LogP contribution in [0.3, 0.4) is 0 Å². The Morgan fingerprint density at radius 3 is 2.71 bits per heavy atom. The lowest BCUT2D eigenvalue weighted by Gasteiger charge is -2.41.